The zero-order valence-corrected chi connectivity index (χ0v) is 20.0. The van der Waals surface area contributed by atoms with Gasteiger partial charge >= 0.3 is 0 Å². The first-order valence-electron chi connectivity index (χ1n) is 12.4. The number of nitrogens with zero attached hydrogens (tertiary/aromatic N) is 2. The number of rotatable bonds is 7. The average molecular weight is 449 g/mol. The Bertz CT molecular complexity index is 950. The molecule has 5 heteroatoms. The zero-order valence-electron chi connectivity index (χ0n) is 20.0. The van der Waals surface area contributed by atoms with Gasteiger partial charge in [-0.25, -0.2) is 0 Å². The summed E-state index contributed by atoms with van der Waals surface area (Å²) in [5, 5.41) is 0. The van der Waals surface area contributed by atoms with Gasteiger partial charge in [-0.1, -0.05) is 54.1 Å². The van der Waals surface area contributed by atoms with Gasteiger partial charge in [-0.3, -0.25) is 9.59 Å². The molecule has 0 aliphatic carbocycles. The highest BCUT2D eigenvalue weighted by atomic mass is 16.5. The summed E-state index contributed by atoms with van der Waals surface area (Å²) in [5.74, 6) is 0.106. The van der Waals surface area contributed by atoms with Crippen LogP contribution in [0.15, 0.2) is 48.5 Å². The van der Waals surface area contributed by atoms with Crippen molar-refractivity contribution < 1.29 is 14.3 Å². The molecule has 0 bridgehead atoms. The number of amides is 2. The largest absolute Gasteiger partial charge is 0.378 e. The Morgan fingerprint density at radius 1 is 1.09 bits per heavy atom. The maximum Gasteiger partial charge on any atom is 0.227 e. The Kier molecular flexibility index (Phi) is 7.81. The molecule has 0 aromatic heterocycles. The molecule has 2 heterocycles. The third kappa shape index (κ3) is 6.02. The summed E-state index contributed by atoms with van der Waals surface area (Å²) in [7, 11) is 0. The lowest BCUT2D eigenvalue weighted by Gasteiger charge is -2.24. The van der Waals surface area contributed by atoms with Gasteiger partial charge in [0.2, 0.25) is 11.8 Å². The lowest BCUT2D eigenvalue weighted by molar-refractivity contribution is -0.135. The first kappa shape index (κ1) is 23.5. The van der Waals surface area contributed by atoms with Gasteiger partial charge in [0.05, 0.1) is 12.0 Å². The Hall–Kier alpha value is -2.66. The van der Waals surface area contributed by atoms with E-state index in [0.717, 1.165) is 31.4 Å². The van der Waals surface area contributed by atoms with Crippen molar-refractivity contribution in [3.05, 3.63) is 59.7 Å². The minimum absolute atomic E-state index is 0.149. The summed E-state index contributed by atoms with van der Waals surface area (Å²) in [6.07, 6.45) is 4.30. The first-order valence-corrected chi connectivity index (χ1v) is 12.4. The lowest BCUT2D eigenvalue weighted by Crippen LogP contribution is -2.38. The van der Waals surface area contributed by atoms with Crippen molar-refractivity contribution in [2.24, 2.45) is 5.92 Å². The normalized spacial score (nSPS) is 21.3. The van der Waals surface area contributed by atoms with E-state index in [9.17, 15) is 9.59 Å². The van der Waals surface area contributed by atoms with Crippen LogP contribution in [0.25, 0.3) is 11.1 Å². The van der Waals surface area contributed by atoms with Crippen LogP contribution in [0.1, 0.15) is 43.7 Å². The quantitative estimate of drug-likeness (QED) is 0.628. The molecule has 2 aliphatic heterocycles. The fourth-order valence-corrected chi connectivity index (χ4v) is 4.99. The van der Waals surface area contributed by atoms with E-state index in [2.05, 4.69) is 55.5 Å². The maximum absolute atomic E-state index is 13.2. The predicted octanol–water partition coefficient (Wildman–Crippen LogP) is 4.47. The van der Waals surface area contributed by atoms with Crippen LogP contribution < -0.4 is 0 Å². The molecule has 2 aliphatic rings. The molecule has 0 N–H and O–H groups in total. The number of carbonyl (C=O) groups excluding carboxylic acids is 2. The summed E-state index contributed by atoms with van der Waals surface area (Å²) in [6, 6.07) is 17.0. The van der Waals surface area contributed by atoms with E-state index < -0.39 is 0 Å². The third-order valence-electron chi connectivity index (χ3n) is 6.97. The van der Waals surface area contributed by atoms with Crippen LogP contribution >= 0.6 is 0 Å². The first-order chi connectivity index (χ1) is 16.0. The predicted molar refractivity (Wildman–Crippen MR) is 131 cm³/mol. The van der Waals surface area contributed by atoms with Crippen LogP contribution in [0.4, 0.5) is 0 Å². The lowest BCUT2D eigenvalue weighted by atomic mass is 9.95. The number of hydrogen-bond donors (Lipinski definition) is 0. The molecule has 2 aromatic rings. The molecule has 176 valence electrons. The monoisotopic (exact) mass is 448 g/mol. The molecule has 2 atom stereocenters. The van der Waals surface area contributed by atoms with Crippen molar-refractivity contribution in [1.29, 1.82) is 0 Å². The third-order valence-corrected chi connectivity index (χ3v) is 6.97. The molecule has 2 saturated heterocycles. The minimum Gasteiger partial charge on any atom is -0.378 e. The van der Waals surface area contributed by atoms with E-state index in [-0.39, 0.29) is 23.8 Å². The highest BCUT2D eigenvalue weighted by Gasteiger charge is 2.32. The molecular weight excluding hydrogens is 412 g/mol. The SMILES string of the molecule is CCN1CCN(C(=O)CC[C@@H]2CCCO2)C[C@H](Cc2ccc(-c3cccc(C)c3)cc2)C1=O. The number of ether oxygens (including phenoxy) is 1. The van der Waals surface area contributed by atoms with E-state index in [1.165, 1.54) is 16.7 Å². The summed E-state index contributed by atoms with van der Waals surface area (Å²) >= 11 is 0. The number of aryl methyl sites for hydroxylation is 1. The molecule has 4 rings (SSSR count). The van der Waals surface area contributed by atoms with Crippen LogP contribution in [-0.2, 0) is 20.7 Å². The Morgan fingerprint density at radius 3 is 2.61 bits per heavy atom. The van der Waals surface area contributed by atoms with Gasteiger partial charge in [-0.05, 0) is 56.2 Å². The van der Waals surface area contributed by atoms with E-state index in [4.69, 9.17) is 4.74 Å². The fraction of sp³-hybridized carbons (Fsp3) is 0.500. The van der Waals surface area contributed by atoms with Gasteiger partial charge in [0.25, 0.3) is 0 Å². The second kappa shape index (κ2) is 11.0. The summed E-state index contributed by atoms with van der Waals surface area (Å²) in [5.41, 5.74) is 4.75. The summed E-state index contributed by atoms with van der Waals surface area (Å²) < 4.78 is 5.68. The summed E-state index contributed by atoms with van der Waals surface area (Å²) in [6.45, 7) is 7.34. The molecule has 0 radical (unpaired) electrons. The van der Waals surface area contributed by atoms with Crippen LogP contribution in [-0.4, -0.2) is 60.5 Å². The van der Waals surface area contributed by atoms with Crippen LogP contribution in [0.5, 0.6) is 0 Å². The fourth-order valence-electron chi connectivity index (χ4n) is 4.99. The van der Waals surface area contributed by atoms with E-state index >= 15 is 0 Å². The smallest absolute Gasteiger partial charge is 0.227 e. The molecular formula is C28H36N2O3. The maximum atomic E-state index is 13.2. The van der Waals surface area contributed by atoms with E-state index in [1.807, 2.05) is 16.7 Å². The highest BCUT2D eigenvalue weighted by molar-refractivity contribution is 5.82. The standard InChI is InChI=1S/C28H36N2O3/c1-3-29-15-16-30(27(31)14-13-26-8-5-17-33-26)20-25(28(29)32)19-22-9-11-23(12-10-22)24-7-4-6-21(2)18-24/h4,6-7,9-12,18,25-26H,3,5,8,13-17,19-20H2,1-2H3/t25-,26-/m0/s1. The van der Waals surface area contributed by atoms with Crippen LogP contribution in [0.2, 0.25) is 0 Å². The number of carbonyl (C=O) groups is 2. The van der Waals surface area contributed by atoms with Gasteiger partial charge in [-0.2, -0.15) is 0 Å². The van der Waals surface area contributed by atoms with Crippen molar-refractivity contribution in [2.45, 2.75) is 52.1 Å². The molecule has 2 fully saturated rings. The Morgan fingerprint density at radius 2 is 1.91 bits per heavy atom. The van der Waals surface area contributed by atoms with Crippen molar-refractivity contribution in [3.63, 3.8) is 0 Å². The van der Waals surface area contributed by atoms with Gasteiger partial charge in [0.1, 0.15) is 0 Å². The molecule has 0 saturated carbocycles. The molecule has 33 heavy (non-hydrogen) atoms. The molecule has 0 unspecified atom stereocenters. The number of hydrogen-bond acceptors (Lipinski definition) is 3. The minimum atomic E-state index is -0.205. The van der Waals surface area contributed by atoms with Crippen molar-refractivity contribution >= 4 is 11.8 Å². The van der Waals surface area contributed by atoms with Gasteiger partial charge in [0.15, 0.2) is 0 Å². The molecule has 5 nitrogen and oxygen atoms in total. The van der Waals surface area contributed by atoms with Crippen LogP contribution in [0.3, 0.4) is 0 Å². The summed E-state index contributed by atoms with van der Waals surface area (Å²) in [4.78, 5) is 30.0. The van der Waals surface area contributed by atoms with Crippen molar-refractivity contribution in [1.82, 2.24) is 9.80 Å². The van der Waals surface area contributed by atoms with E-state index in [0.29, 0.717) is 39.0 Å². The molecule has 2 aromatic carbocycles. The molecule has 0 spiro atoms. The van der Waals surface area contributed by atoms with E-state index in [1.54, 1.807) is 0 Å². The Balaban J connectivity index is 1.43. The topological polar surface area (TPSA) is 49.9 Å². The molecule has 2 amide bonds. The van der Waals surface area contributed by atoms with Crippen LogP contribution in [0, 0.1) is 12.8 Å². The zero-order chi connectivity index (χ0) is 23.2. The van der Waals surface area contributed by atoms with Gasteiger partial charge in [0, 0.05) is 39.2 Å². The Labute approximate surface area is 197 Å². The van der Waals surface area contributed by atoms with Gasteiger partial charge in [-0.15, -0.1) is 0 Å². The highest BCUT2D eigenvalue weighted by Crippen LogP contribution is 2.24. The average Bonchev–Trinajstić information content (AvgIpc) is 3.30. The second-order valence-electron chi connectivity index (χ2n) is 9.40. The van der Waals surface area contributed by atoms with Gasteiger partial charge < -0.3 is 14.5 Å². The van der Waals surface area contributed by atoms with Crippen molar-refractivity contribution in [3.8, 4) is 11.1 Å². The number of benzene rings is 2. The van der Waals surface area contributed by atoms with Crippen molar-refractivity contribution in [2.75, 3.05) is 32.8 Å². The number of likely N-dealkylation sites (N-methyl/N-ethyl adjacent to an activating group) is 1. The second-order valence-corrected chi connectivity index (χ2v) is 9.40.